The number of nitrogens with zero attached hydrogens (tertiary/aromatic N) is 3. The summed E-state index contributed by atoms with van der Waals surface area (Å²) in [6.07, 6.45) is 3.64. The standard InChI is InChI=1S/C17H19FN4OS/c1-23-16-5-4-13(7-15(16)18)10-24-17-20-11-22(12-21-17)9-14-3-2-6-19-8-14/h2-8H,9-12H2,1H3,(H,20,21). The van der Waals surface area contributed by atoms with E-state index in [1.54, 1.807) is 24.0 Å². The highest BCUT2D eigenvalue weighted by atomic mass is 32.2. The average molecular weight is 346 g/mol. The van der Waals surface area contributed by atoms with E-state index in [0.717, 1.165) is 23.9 Å². The number of thioether (sulfide) groups is 1. The highest BCUT2D eigenvalue weighted by molar-refractivity contribution is 8.13. The van der Waals surface area contributed by atoms with Crippen molar-refractivity contribution in [2.45, 2.75) is 12.3 Å². The predicted molar refractivity (Wildman–Crippen MR) is 94.3 cm³/mol. The number of methoxy groups -OCH3 is 1. The minimum atomic E-state index is -0.336. The molecule has 126 valence electrons. The van der Waals surface area contributed by atoms with E-state index in [1.165, 1.54) is 18.7 Å². The lowest BCUT2D eigenvalue weighted by molar-refractivity contribution is 0.258. The lowest BCUT2D eigenvalue weighted by Crippen LogP contribution is -2.41. The monoisotopic (exact) mass is 346 g/mol. The number of aromatic nitrogens is 1. The van der Waals surface area contributed by atoms with E-state index in [1.807, 2.05) is 18.3 Å². The van der Waals surface area contributed by atoms with E-state index in [4.69, 9.17) is 4.74 Å². The molecule has 0 atom stereocenters. The second kappa shape index (κ2) is 8.12. The Morgan fingerprint density at radius 3 is 2.92 bits per heavy atom. The lowest BCUT2D eigenvalue weighted by Gasteiger charge is -2.26. The van der Waals surface area contributed by atoms with E-state index in [-0.39, 0.29) is 11.6 Å². The smallest absolute Gasteiger partial charge is 0.165 e. The van der Waals surface area contributed by atoms with Gasteiger partial charge in [-0.05, 0) is 29.3 Å². The summed E-state index contributed by atoms with van der Waals surface area (Å²) in [7, 11) is 1.46. The third-order valence-corrected chi connectivity index (χ3v) is 4.61. The third kappa shape index (κ3) is 4.46. The average Bonchev–Trinajstić information content (AvgIpc) is 2.62. The van der Waals surface area contributed by atoms with E-state index >= 15 is 0 Å². The SMILES string of the molecule is COc1ccc(CSC2=NCN(Cc3cccnc3)CN2)cc1F. The van der Waals surface area contributed by atoms with Crippen molar-refractivity contribution < 1.29 is 9.13 Å². The van der Waals surface area contributed by atoms with Crippen molar-refractivity contribution in [2.24, 2.45) is 4.99 Å². The molecule has 0 saturated carbocycles. The summed E-state index contributed by atoms with van der Waals surface area (Å²) >= 11 is 1.57. The summed E-state index contributed by atoms with van der Waals surface area (Å²) in [5.74, 6) is 0.592. The number of rotatable bonds is 5. The molecule has 0 spiro atoms. The molecule has 2 aromatic rings. The van der Waals surface area contributed by atoms with Crippen molar-refractivity contribution in [1.29, 1.82) is 0 Å². The van der Waals surface area contributed by atoms with Crippen LogP contribution in [0.15, 0.2) is 47.7 Å². The van der Waals surface area contributed by atoms with E-state index in [2.05, 4.69) is 26.3 Å². The molecule has 7 heteroatoms. The number of hydrogen-bond donors (Lipinski definition) is 1. The fraction of sp³-hybridized carbons (Fsp3) is 0.294. The first-order valence-electron chi connectivity index (χ1n) is 7.59. The zero-order valence-corrected chi connectivity index (χ0v) is 14.2. The van der Waals surface area contributed by atoms with Gasteiger partial charge >= 0.3 is 0 Å². The molecular formula is C17H19FN4OS. The number of hydrogen-bond acceptors (Lipinski definition) is 6. The van der Waals surface area contributed by atoms with Gasteiger partial charge in [-0.2, -0.15) is 0 Å². The predicted octanol–water partition coefficient (Wildman–Crippen LogP) is 2.84. The van der Waals surface area contributed by atoms with Crippen molar-refractivity contribution in [2.75, 3.05) is 20.4 Å². The Bertz CT molecular complexity index is 711. The van der Waals surface area contributed by atoms with Gasteiger partial charge in [-0.15, -0.1) is 0 Å². The fourth-order valence-corrected chi connectivity index (χ4v) is 3.15. The molecule has 0 aliphatic carbocycles. The van der Waals surface area contributed by atoms with Crippen molar-refractivity contribution in [3.63, 3.8) is 0 Å². The molecule has 0 bridgehead atoms. The molecule has 1 aromatic carbocycles. The highest BCUT2D eigenvalue weighted by Crippen LogP contribution is 2.21. The largest absolute Gasteiger partial charge is 0.494 e. The van der Waals surface area contributed by atoms with Gasteiger partial charge in [-0.1, -0.05) is 23.9 Å². The van der Waals surface area contributed by atoms with Crippen LogP contribution in [0.1, 0.15) is 11.1 Å². The minimum Gasteiger partial charge on any atom is -0.494 e. The zero-order valence-electron chi connectivity index (χ0n) is 13.4. The quantitative estimate of drug-likeness (QED) is 0.902. The summed E-state index contributed by atoms with van der Waals surface area (Å²) in [5.41, 5.74) is 2.07. The third-order valence-electron chi connectivity index (χ3n) is 3.59. The van der Waals surface area contributed by atoms with Crippen LogP contribution in [-0.2, 0) is 12.3 Å². The maximum Gasteiger partial charge on any atom is 0.165 e. The Labute approximate surface area is 144 Å². The molecule has 0 unspecified atom stereocenters. The summed E-state index contributed by atoms with van der Waals surface area (Å²) in [6.45, 7) is 2.19. The topological polar surface area (TPSA) is 49.8 Å². The molecule has 1 N–H and O–H groups in total. The van der Waals surface area contributed by atoms with Crippen LogP contribution in [0.3, 0.4) is 0 Å². The maximum atomic E-state index is 13.7. The van der Waals surface area contributed by atoms with Crippen LogP contribution in [0.2, 0.25) is 0 Å². The Balaban J connectivity index is 1.50. The van der Waals surface area contributed by atoms with Gasteiger partial charge in [0.2, 0.25) is 0 Å². The zero-order chi connectivity index (χ0) is 16.8. The highest BCUT2D eigenvalue weighted by Gasteiger charge is 2.13. The Morgan fingerprint density at radius 1 is 1.33 bits per heavy atom. The number of nitrogens with one attached hydrogen (secondary N) is 1. The number of amidine groups is 1. The Morgan fingerprint density at radius 2 is 2.25 bits per heavy atom. The molecule has 2 heterocycles. The molecule has 5 nitrogen and oxygen atoms in total. The molecule has 0 amide bonds. The summed E-state index contributed by atoms with van der Waals surface area (Å²) in [6, 6.07) is 9.01. The van der Waals surface area contributed by atoms with E-state index < -0.39 is 0 Å². The maximum absolute atomic E-state index is 13.7. The number of aliphatic imine (C=N–C) groups is 1. The first-order chi connectivity index (χ1) is 11.7. The normalized spacial score (nSPS) is 14.8. The van der Waals surface area contributed by atoms with Crippen molar-refractivity contribution in [3.8, 4) is 5.75 Å². The van der Waals surface area contributed by atoms with Gasteiger partial charge in [0.25, 0.3) is 0 Å². The molecule has 0 fully saturated rings. The van der Waals surface area contributed by atoms with Crippen LogP contribution in [0.5, 0.6) is 5.75 Å². The number of ether oxygens (including phenoxy) is 1. The van der Waals surface area contributed by atoms with Crippen LogP contribution in [0.4, 0.5) is 4.39 Å². The molecule has 1 aliphatic rings. The minimum absolute atomic E-state index is 0.267. The molecular weight excluding hydrogens is 327 g/mol. The Kier molecular flexibility index (Phi) is 5.66. The van der Waals surface area contributed by atoms with Gasteiger partial charge in [0.05, 0.1) is 20.4 Å². The molecule has 1 aromatic heterocycles. The summed E-state index contributed by atoms with van der Waals surface area (Å²) in [5, 5.41) is 4.18. The van der Waals surface area contributed by atoms with Crippen LogP contribution >= 0.6 is 11.8 Å². The molecule has 24 heavy (non-hydrogen) atoms. The van der Waals surface area contributed by atoms with Gasteiger partial charge in [-0.3, -0.25) is 9.88 Å². The van der Waals surface area contributed by atoms with E-state index in [9.17, 15) is 4.39 Å². The Hall–Kier alpha value is -2.12. The van der Waals surface area contributed by atoms with Gasteiger partial charge in [-0.25, -0.2) is 9.38 Å². The first kappa shape index (κ1) is 16.7. The van der Waals surface area contributed by atoms with Crippen LogP contribution in [0.25, 0.3) is 0 Å². The van der Waals surface area contributed by atoms with Crippen LogP contribution < -0.4 is 10.1 Å². The fourth-order valence-electron chi connectivity index (χ4n) is 2.35. The van der Waals surface area contributed by atoms with E-state index in [0.29, 0.717) is 12.4 Å². The van der Waals surface area contributed by atoms with Gasteiger partial charge in [0, 0.05) is 24.7 Å². The van der Waals surface area contributed by atoms with Crippen molar-refractivity contribution in [3.05, 3.63) is 59.7 Å². The van der Waals surface area contributed by atoms with Gasteiger partial charge < -0.3 is 10.1 Å². The molecule has 0 saturated heterocycles. The number of halogens is 1. The van der Waals surface area contributed by atoms with Crippen molar-refractivity contribution >= 4 is 16.9 Å². The number of benzene rings is 1. The molecule has 3 rings (SSSR count). The summed E-state index contributed by atoms with van der Waals surface area (Å²) < 4.78 is 18.6. The van der Waals surface area contributed by atoms with Gasteiger partial charge in [0.15, 0.2) is 16.7 Å². The summed E-state index contributed by atoms with van der Waals surface area (Å²) in [4.78, 5) is 10.8. The molecule has 1 aliphatic heterocycles. The van der Waals surface area contributed by atoms with Crippen LogP contribution in [0, 0.1) is 5.82 Å². The molecule has 0 radical (unpaired) electrons. The second-order valence-corrected chi connectivity index (χ2v) is 6.35. The van der Waals surface area contributed by atoms with Gasteiger partial charge in [0.1, 0.15) is 0 Å². The van der Waals surface area contributed by atoms with Crippen molar-refractivity contribution in [1.82, 2.24) is 15.2 Å². The number of pyridine rings is 1. The first-order valence-corrected chi connectivity index (χ1v) is 8.58. The van der Waals surface area contributed by atoms with Crippen LogP contribution in [-0.4, -0.2) is 35.5 Å². The second-order valence-electron chi connectivity index (χ2n) is 5.39. The lowest BCUT2D eigenvalue weighted by atomic mass is 10.2.